The molecule has 0 aliphatic rings. The topological polar surface area (TPSA) is 30.2 Å². The molecule has 2 aromatic carbocycles. The summed E-state index contributed by atoms with van der Waals surface area (Å²) < 4.78 is 8.60. The van der Waals surface area contributed by atoms with E-state index >= 15 is 0 Å². The number of rotatable bonds is 7. The van der Waals surface area contributed by atoms with E-state index in [0.717, 1.165) is 24.8 Å². The average molecular weight is 340 g/mol. The molecule has 0 unspecified atom stereocenters. The number of para-hydroxylation sites is 1. The van der Waals surface area contributed by atoms with E-state index in [-0.39, 0.29) is 12.5 Å². The van der Waals surface area contributed by atoms with E-state index in [2.05, 4.69) is 41.0 Å². The van der Waals surface area contributed by atoms with Crippen molar-refractivity contribution in [3.8, 4) is 0 Å². The maximum Gasteiger partial charge on any atom is 0.372 e. The molecule has 3 nitrogen and oxygen atoms in total. The lowest BCUT2D eigenvalue weighted by molar-refractivity contribution is -0.663. The smallest absolute Gasteiger partial charge is 0.372 e. The number of hydrogen-bond donors (Lipinski definition) is 0. The molecule has 0 radical (unpaired) electrons. The molecule has 0 spiro atoms. The zero-order chi connectivity index (χ0) is 16.8. The third-order valence-corrected chi connectivity index (χ3v) is 5.13. The number of aromatic nitrogens is 1. The van der Waals surface area contributed by atoms with Crippen molar-refractivity contribution in [3.63, 3.8) is 0 Å². The fourth-order valence-electron chi connectivity index (χ4n) is 2.73. The number of fused-ring (bicyclic) bond motifs is 1. The van der Waals surface area contributed by atoms with E-state index in [0.29, 0.717) is 6.61 Å². The Bertz CT molecular complexity index is 811. The highest BCUT2D eigenvalue weighted by Gasteiger charge is 2.23. The van der Waals surface area contributed by atoms with Crippen LogP contribution in [0.3, 0.4) is 0 Å². The monoisotopic (exact) mass is 340 g/mol. The van der Waals surface area contributed by atoms with Gasteiger partial charge in [0, 0.05) is 12.5 Å². The van der Waals surface area contributed by atoms with Crippen LogP contribution in [0, 0.1) is 0 Å². The third kappa shape index (κ3) is 4.01. The molecule has 3 aromatic rings. The van der Waals surface area contributed by atoms with Gasteiger partial charge in [-0.15, -0.1) is 0 Å². The molecule has 3 rings (SSSR count). The number of carbonyl (C=O) groups is 1. The SMILES string of the molecule is CCCOC(=O)C[n+]1c(CCc2ccccc2)sc2ccccc21. The van der Waals surface area contributed by atoms with E-state index in [4.69, 9.17) is 4.74 Å². The van der Waals surface area contributed by atoms with Crippen LogP contribution in [-0.2, 0) is 28.9 Å². The Hall–Kier alpha value is -2.20. The van der Waals surface area contributed by atoms with Crippen molar-refractivity contribution < 1.29 is 14.1 Å². The van der Waals surface area contributed by atoms with Crippen LogP contribution in [0.2, 0.25) is 0 Å². The largest absolute Gasteiger partial charge is 0.461 e. The first-order valence-corrected chi connectivity index (χ1v) is 9.19. The zero-order valence-corrected chi connectivity index (χ0v) is 14.7. The molecular formula is C20H22NO2S+. The summed E-state index contributed by atoms with van der Waals surface area (Å²) in [4.78, 5) is 12.1. The maximum atomic E-state index is 12.1. The van der Waals surface area contributed by atoms with Gasteiger partial charge in [0.25, 0.3) is 0 Å². The highest BCUT2D eigenvalue weighted by atomic mass is 32.1. The van der Waals surface area contributed by atoms with Crippen molar-refractivity contribution in [2.24, 2.45) is 0 Å². The van der Waals surface area contributed by atoms with Crippen LogP contribution in [0.15, 0.2) is 54.6 Å². The normalized spacial score (nSPS) is 10.9. The fraction of sp³-hybridized carbons (Fsp3) is 0.300. The van der Waals surface area contributed by atoms with E-state index in [9.17, 15) is 4.79 Å². The standard InChI is InChI=1S/C20H22NO2S/c1-2-14-23-20(22)15-21-17-10-6-7-11-18(17)24-19(21)13-12-16-8-4-3-5-9-16/h3-11H,2,12-15H2,1H3/q+1. The maximum absolute atomic E-state index is 12.1. The van der Waals surface area contributed by atoms with E-state index in [1.807, 2.05) is 25.1 Å². The summed E-state index contributed by atoms with van der Waals surface area (Å²) in [5, 5.41) is 1.22. The number of nitrogens with zero attached hydrogens (tertiary/aromatic N) is 1. The van der Waals surface area contributed by atoms with Crippen LogP contribution in [0.25, 0.3) is 10.2 Å². The summed E-state index contributed by atoms with van der Waals surface area (Å²) in [5.74, 6) is -0.161. The first kappa shape index (κ1) is 16.7. The van der Waals surface area contributed by atoms with E-state index < -0.39 is 0 Å². The molecule has 0 aliphatic heterocycles. The Morgan fingerprint density at radius 2 is 1.79 bits per heavy atom. The number of benzene rings is 2. The Labute approximate surface area is 146 Å². The number of thiazole rings is 1. The Morgan fingerprint density at radius 3 is 2.58 bits per heavy atom. The number of esters is 1. The average Bonchev–Trinajstić information content (AvgIpc) is 2.97. The number of hydrogen-bond acceptors (Lipinski definition) is 3. The summed E-state index contributed by atoms with van der Waals surface area (Å²) in [5.41, 5.74) is 2.43. The molecular weight excluding hydrogens is 318 g/mol. The molecule has 0 saturated heterocycles. The van der Waals surface area contributed by atoms with Crippen molar-refractivity contribution in [2.75, 3.05) is 6.61 Å². The van der Waals surface area contributed by atoms with Gasteiger partial charge in [-0.25, -0.2) is 4.79 Å². The summed E-state index contributed by atoms with van der Waals surface area (Å²) in [6.07, 6.45) is 2.74. The second kappa shape index (κ2) is 8.06. The van der Waals surface area contributed by atoms with Crippen molar-refractivity contribution in [2.45, 2.75) is 32.7 Å². The van der Waals surface area contributed by atoms with Gasteiger partial charge in [0.05, 0.1) is 6.61 Å². The van der Waals surface area contributed by atoms with Gasteiger partial charge in [-0.3, -0.25) is 0 Å². The molecule has 24 heavy (non-hydrogen) atoms. The highest BCUT2D eigenvalue weighted by Crippen LogP contribution is 2.21. The van der Waals surface area contributed by atoms with Crippen molar-refractivity contribution >= 4 is 27.5 Å². The summed E-state index contributed by atoms with van der Waals surface area (Å²) in [7, 11) is 0. The number of carbonyl (C=O) groups excluding carboxylic acids is 1. The molecule has 0 aliphatic carbocycles. The molecule has 0 bridgehead atoms. The second-order valence-corrected chi connectivity index (χ2v) is 6.87. The number of ether oxygens (including phenoxy) is 1. The van der Waals surface area contributed by atoms with Gasteiger partial charge >= 0.3 is 5.97 Å². The van der Waals surface area contributed by atoms with E-state index in [1.165, 1.54) is 15.3 Å². The predicted octanol–water partition coefficient (Wildman–Crippen LogP) is 3.93. The number of aryl methyl sites for hydroxylation is 2. The van der Waals surface area contributed by atoms with Crippen LogP contribution in [0.5, 0.6) is 0 Å². The van der Waals surface area contributed by atoms with Crippen LogP contribution in [-0.4, -0.2) is 12.6 Å². The van der Waals surface area contributed by atoms with Gasteiger partial charge in [-0.05, 0) is 24.5 Å². The second-order valence-electron chi connectivity index (χ2n) is 5.76. The molecule has 124 valence electrons. The molecule has 1 aromatic heterocycles. The molecule has 0 amide bonds. The summed E-state index contributed by atoms with van der Waals surface area (Å²) in [6.45, 7) is 2.78. The quantitative estimate of drug-likeness (QED) is 0.482. The molecule has 0 N–H and O–H groups in total. The van der Waals surface area contributed by atoms with Gasteiger partial charge < -0.3 is 4.74 Å². The van der Waals surface area contributed by atoms with Crippen LogP contribution >= 0.6 is 11.3 Å². The van der Waals surface area contributed by atoms with Gasteiger partial charge in [0.2, 0.25) is 17.1 Å². The van der Waals surface area contributed by atoms with Gasteiger partial charge in [-0.1, -0.05) is 60.7 Å². The minimum atomic E-state index is -0.161. The predicted molar refractivity (Wildman–Crippen MR) is 97.1 cm³/mol. The lowest BCUT2D eigenvalue weighted by atomic mass is 10.1. The first-order chi connectivity index (χ1) is 11.8. The van der Waals surface area contributed by atoms with Gasteiger partial charge in [-0.2, -0.15) is 4.57 Å². The summed E-state index contributed by atoms with van der Waals surface area (Å²) in [6, 6.07) is 18.7. The van der Waals surface area contributed by atoms with Gasteiger partial charge in [0.15, 0.2) is 0 Å². The third-order valence-electron chi connectivity index (χ3n) is 3.91. The van der Waals surface area contributed by atoms with E-state index in [1.54, 1.807) is 11.3 Å². The first-order valence-electron chi connectivity index (χ1n) is 8.37. The molecule has 0 fully saturated rings. The van der Waals surface area contributed by atoms with Gasteiger partial charge in [0.1, 0.15) is 4.70 Å². The molecule has 1 heterocycles. The lowest BCUT2D eigenvalue weighted by Gasteiger charge is -2.02. The fourth-order valence-corrected chi connectivity index (χ4v) is 3.89. The van der Waals surface area contributed by atoms with Crippen LogP contribution < -0.4 is 4.57 Å². The van der Waals surface area contributed by atoms with Crippen molar-refractivity contribution in [1.29, 1.82) is 0 Å². The van der Waals surface area contributed by atoms with Crippen molar-refractivity contribution in [1.82, 2.24) is 0 Å². The minimum absolute atomic E-state index is 0.161. The van der Waals surface area contributed by atoms with Crippen LogP contribution in [0.1, 0.15) is 23.9 Å². The van der Waals surface area contributed by atoms with Crippen LogP contribution in [0.4, 0.5) is 0 Å². The zero-order valence-electron chi connectivity index (χ0n) is 13.9. The highest BCUT2D eigenvalue weighted by molar-refractivity contribution is 7.18. The molecule has 0 atom stereocenters. The summed E-state index contributed by atoms with van der Waals surface area (Å²) >= 11 is 1.76. The lowest BCUT2D eigenvalue weighted by Crippen LogP contribution is -2.41. The Balaban J connectivity index is 1.83. The Morgan fingerprint density at radius 1 is 1.04 bits per heavy atom. The Kier molecular flexibility index (Phi) is 5.59. The van der Waals surface area contributed by atoms with Crippen molar-refractivity contribution in [3.05, 3.63) is 65.2 Å². The molecule has 0 saturated carbocycles. The minimum Gasteiger partial charge on any atom is -0.461 e. The molecule has 4 heteroatoms.